The van der Waals surface area contributed by atoms with Crippen LogP contribution in [0, 0.1) is 10.8 Å². The minimum atomic E-state index is -3.41. The molecule has 0 saturated carbocycles. The monoisotopic (exact) mass is 507 g/mol. The number of hydrogen-bond acceptors (Lipinski definition) is 5. The number of halogens is 1. The topological polar surface area (TPSA) is 54.0 Å². The molecule has 5 rings (SSSR count). The minimum absolute atomic E-state index is 0.0833. The van der Waals surface area contributed by atoms with Gasteiger partial charge in [0.2, 0.25) is 0 Å². The maximum absolute atomic E-state index is 13.5. The number of fused-ring (bicyclic) bond motifs is 2. The standard InChI is InChI=1S/C25H30ClO5P2/c1-24(2)14-28-32(27,29-15-24)13-22-18-9-5-7-11-20(18)23(21-12-8-6-10-19(21)22)33(26)30-16-25(3,4)17-31-33/h5-13,23H,14-17H2,1-4H3/q+1. The Hall–Kier alpha value is -1.03. The van der Waals surface area contributed by atoms with Crippen molar-refractivity contribution in [2.24, 2.45) is 10.8 Å². The predicted molar refractivity (Wildman–Crippen MR) is 134 cm³/mol. The molecule has 176 valence electrons. The van der Waals surface area contributed by atoms with Crippen molar-refractivity contribution in [3.63, 3.8) is 0 Å². The first-order valence-electron chi connectivity index (χ1n) is 11.2. The maximum Gasteiger partial charge on any atom is 0.384 e. The van der Waals surface area contributed by atoms with Crippen LogP contribution >= 0.6 is 25.9 Å². The highest BCUT2D eigenvalue weighted by Crippen LogP contribution is 2.81. The fraction of sp³-hybridized carbons (Fsp3) is 0.440. The molecule has 2 heterocycles. The van der Waals surface area contributed by atoms with Gasteiger partial charge < -0.3 is 9.05 Å². The second-order valence-corrected chi connectivity index (χ2v) is 15.9. The summed E-state index contributed by atoms with van der Waals surface area (Å²) in [7, 11) is -6.18. The fourth-order valence-electron chi connectivity index (χ4n) is 4.34. The third-order valence-corrected chi connectivity index (χ3v) is 11.1. The summed E-state index contributed by atoms with van der Waals surface area (Å²) in [5.74, 6) is 1.68. The summed E-state index contributed by atoms with van der Waals surface area (Å²) in [6.07, 6.45) is 0. The normalized spacial score (nSPS) is 26.7. The molecular weight excluding hydrogens is 478 g/mol. The number of benzene rings is 2. The highest BCUT2D eigenvalue weighted by Gasteiger charge is 2.59. The van der Waals surface area contributed by atoms with Crippen molar-refractivity contribution < 1.29 is 22.7 Å². The molecule has 0 aromatic heterocycles. The van der Waals surface area contributed by atoms with E-state index in [9.17, 15) is 4.57 Å². The molecule has 0 amide bonds. The lowest BCUT2D eigenvalue weighted by Gasteiger charge is -2.38. The SMILES string of the molecule is CC1(C)COP(=O)(C=C2c3ccccc3C([P+]3(Cl)OCC(C)(C)CO3)c3ccccc32)OC1. The second-order valence-electron chi connectivity index (χ2n) is 10.6. The Morgan fingerprint density at radius 1 is 0.848 bits per heavy atom. The van der Waals surface area contributed by atoms with Gasteiger partial charge in [-0.25, -0.2) is 0 Å². The lowest BCUT2D eigenvalue weighted by Crippen LogP contribution is -2.32. The third kappa shape index (κ3) is 4.50. The maximum atomic E-state index is 13.5. The van der Waals surface area contributed by atoms with Crippen LogP contribution in [0.4, 0.5) is 0 Å². The van der Waals surface area contributed by atoms with Gasteiger partial charge in [0.15, 0.2) is 16.9 Å². The lowest BCUT2D eigenvalue weighted by atomic mass is 9.82. The van der Waals surface area contributed by atoms with Crippen molar-refractivity contribution in [3.05, 3.63) is 76.6 Å². The van der Waals surface area contributed by atoms with Gasteiger partial charge in [-0.1, -0.05) is 76.2 Å². The summed E-state index contributed by atoms with van der Waals surface area (Å²) >= 11 is 7.18. The van der Waals surface area contributed by atoms with Crippen molar-refractivity contribution >= 4 is 31.5 Å². The molecule has 2 fully saturated rings. The van der Waals surface area contributed by atoms with Crippen molar-refractivity contribution in [2.45, 2.75) is 33.4 Å². The van der Waals surface area contributed by atoms with E-state index in [1.807, 2.05) is 50.2 Å². The fourth-order valence-corrected chi connectivity index (χ4v) is 9.68. The molecule has 0 radical (unpaired) electrons. The predicted octanol–water partition coefficient (Wildman–Crippen LogP) is 7.82. The molecule has 0 atom stereocenters. The van der Waals surface area contributed by atoms with Gasteiger partial charge in [-0.05, 0) is 16.7 Å². The van der Waals surface area contributed by atoms with Crippen LogP contribution in [0.25, 0.3) is 5.57 Å². The zero-order chi connectivity index (χ0) is 23.5. The van der Waals surface area contributed by atoms with E-state index in [2.05, 4.69) is 26.0 Å². The molecule has 1 aliphatic carbocycles. The first-order valence-corrected chi connectivity index (χ1v) is 15.4. The van der Waals surface area contributed by atoms with E-state index in [-0.39, 0.29) is 16.5 Å². The summed E-state index contributed by atoms with van der Waals surface area (Å²) in [4.78, 5) is 0. The van der Waals surface area contributed by atoms with Gasteiger partial charge in [-0.2, -0.15) is 9.05 Å². The summed E-state index contributed by atoms with van der Waals surface area (Å²) in [5.41, 5.74) is 4.26. The Morgan fingerprint density at radius 3 is 1.82 bits per heavy atom. The van der Waals surface area contributed by atoms with Gasteiger partial charge in [0, 0.05) is 27.8 Å². The highest BCUT2D eigenvalue weighted by atomic mass is 35.7. The first-order chi connectivity index (χ1) is 15.5. The lowest BCUT2D eigenvalue weighted by molar-refractivity contribution is 0.0458. The first kappa shape index (κ1) is 23.7. The minimum Gasteiger partial charge on any atom is -0.305 e. The molecule has 0 spiro atoms. The summed E-state index contributed by atoms with van der Waals surface area (Å²) in [6, 6.07) is 16.1. The van der Waals surface area contributed by atoms with Gasteiger partial charge in [0.25, 0.3) is 0 Å². The van der Waals surface area contributed by atoms with E-state index in [1.165, 1.54) is 0 Å². The van der Waals surface area contributed by atoms with Crippen LogP contribution in [0.2, 0.25) is 0 Å². The Morgan fingerprint density at radius 2 is 1.30 bits per heavy atom. The molecule has 2 aromatic carbocycles. The molecule has 8 heteroatoms. The van der Waals surface area contributed by atoms with Crippen LogP contribution in [0.3, 0.4) is 0 Å². The number of hydrogen-bond donors (Lipinski definition) is 0. The zero-order valence-electron chi connectivity index (χ0n) is 19.4. The Bertz CT molecular complexity index is 1090. The van der Waals surface area contributed by atoms with E-state index >= 15 is 0 Å². The molecule has 2 aromatic rings. The van der Waals surface area contributed by atoms with E-state index < -0.39 is 14.7 Å². The largest absolute Gasteiger partial charge is 0.384 e. The molecule has 5 nitrogen and oxygen atoms in total. The Kier molecular flexibility index (Phi) is 5.94. The quantitative estimate of drug-likeness (QED) is 0.388. The molecule has 2 aliphatic heterocycles. The van der Waals surface area contributed by atoms with Gasteiger partial charge >= 0.3 is 14.7 Å². The summed E-state index contributed by atoms with van der Waals surface area (Å²) in [5, 5.41) is 0. The van der Waals surface area contributed by atoms with E-state index in [0.717, 1.165) is 27.8 Å². The van der Waals surface area contributed by atoms with Crippen molar-refractivity contribution in [3.8, 4) is 0 Å². The smallest absolute Gasteiger partial charge is 0.305 e. The van der Waals surface area contributed by atoms with Crippen LogP contribution in [-0.2, 0) is 22.7 Å². The van der Waals surface area contributed by atoms with Crippen LogP contribution in [-0.4, -0.2) is 26.4 Å². The van der Waals surface area contributed by atoms with Crippen molar-refractivity contribution in [1.82, 2.24) is 0 Å². The Balaban J connectivity index is 1.63. The third-order valence-electron chi connectivity index (χ3n) is 6.22. The van der Waals surface area contributed by atoms with Gasteiger partial charge in [-0.15, -0.1) is 0 Å². The van der Waals surface area contributed by atoms with E-state index in [0.29, 0.717) is 26.4 Å². The molecule has 0 bridgehead atoms. The van der Waals surface area contributed by atoms with Crippen LogP contribution in [0.1, 0.15) is 55.6 Å². The van der Waals surface area contributed by atoms with Crippen LogP contribution in [0.15, 0.2) is 54.3 Å². The van der Waals surface area contributed by atoms with E-state index in [4.69, 9.17) is 29.3 Å². The number of rotatable bonds is 2. The Labute approximate surface area is 201 Å². The molecule has 2 saturated heterocycles. The molecule has 3 aliphatic rings. The molecule has 0 N–H and O–H groups in total. The average Bonchev–Trinajstić information content (AvgIpc) is 2.78. The van der Waals surface area contributed by atoms with E-state index in [1.54, 1.807) is 5.82 Å². The summed E-state index contributed by atoms with van der Waals surface area (Å²) in [6.45, 7) is 10.1. The molecule has 0 unspecified atom stereocenters. The van der Waals surface area contributed by atoms with Gasteiger partial charge in [0.1, 0.15) is 13.2 Å². The zero-order valence-corrected chi connectivity index (χ0v) is 22.0. The highest BCUT2D eigenvalue weighted by molar-refractivity contribution is 7.92. The average molecular weight is 508 g/mol. The van der Waals surface area contributed by atoms with Gasteiger partial charge in [-0.3, -0.25) is 4.57 Å². The summed E-state index contributed by atoms with van der Waals surface area (Å²) < 4.78 is 37.7. The second kappa shape index (κ2) is 8.28. The molecular formula is C25H30ClO5P2+. The van der Waals surface area contributed by atoms with Crippen LogP contribution in [0.5, 0.6) is 0 Å². The molecule has 33 heavy (non-hydrogen) atoms. The van der Waals surface area contributed by atoms with Crippen molar-refractivity contribution in [1.29, 1.82) is 0 Å². The van der Waals surface area contributed by atoms with Crippen LogP contribution < -0.4 is 0 Å². The van der Waals surface area contributed by atoms with Crippen molar-refractivity contribution in [2.75, 3.05) is 26.4 Å². The van der Waals surface area contributed by atoms with Gasteiger partial charge in [0.05, 0.1) is 13.2 Å².